The van der Waals surface area contributed by atoms with E-state index in [-0.39, 0.29) is 5.56 Å². The second-order valence-corrected chi connectivity index (χ2v) is 10.3. The summed E-state index contributed by atoms with van der Waals surface area (Å²) in [6.45, 7) is 2.42. The third-order valence-electron chi connectivity index (χ3n) is 5.46. The van der Waals surface area contributed by atoms with Crippen LogP contribution in [0.3, 0.4) is 0 Å². The molecule has 0 aliphatic carbocycles. The van der Waals surface area contributed by atoms with Gasteiger partial charge in [0.2, 0.25) is 0 Å². The highest BCUT2D eigenvalue weighted by molar-refractivity contribution is 8.26. The number of amidine groups is 1. The third-order valence-corrected chi connectivity index (χ3v) is 7.86. The Kier molecular flexibility index (Phi) is 5.04. The van der Waals surface area contributed by atoms with E-state index in [4.69, 9.17) is 11.0 Å². The highest BCUT2D eigenvalue weighted by Crippen LogP contribution is 2.60. The predicted molar refractivity (Wildman–Crippen MR) is 120 cm³/mol. The second-order valence-electron chi connectivity index (χ2n) is 7.89. The van der Waals surface area contributed by atoms with Gasteiger partial charge in [0.15, 0.2) is 11.7 Å². The van der Waals surface area contributed by atoms with Gasteiger partial charge in [0, 0.05) is 29.0 Å². The summed E-state index contributed by atoms with van der Waals surface area (Å²) in [6, 6.07) is 9.51. The minimum absolute atomic E-state index is 0.0147. The van der Waals surface area contributed by atoms with Crippen molar-refractivity contribution in [3.63, 3.8) is 0 Å². The normalized spacial score (nSPS) is 25.6. The van der Waals surface area contributed by atoms with E-state index in [1.807, 2.05) is 6.07 Å². The van der Waals surface area contributed by atoms with Gasteiger partial charge >= 0.3 is 0 Å². The number of nitriles is 1. The van der Waals surface area contributed by atoms with E-state index in [1.54, 1.807) is 18.3 Å². The van der Waals surface area contributed by atoms with Crippen LogP contribution in [-0.4, -0.2) is 35.7 Å². The molecule has 166 valence electrons. The summed E-state index contributed by atoms with van der Waals surface area (Å²) in [4.78, 5) is 12.6. The lowest BCUT2D eigenvalue weighted by molar-refractivity contribution is 0.313. The minimum Gasteiger partial charge on any atom is -0.383 e. The van der Waals surface area contributed by atoms with Crippen LogP contribution >= 0.6 is 10.6 Å². The molecule has 4 rings (SSSR count). The van der Waals surface area contributed by atoms with E-state index in [2.05, 4.69) is 20.3 Å². The predicted octanol–water partition coefficient (Wildman–Crippen LogP) is 4.41. The van der Waals surface area contributed by atoms with Gasteiger partial charge in [0.1, 0.15) is 22.9 Å². The van der Waals surface area contributed by atoms with Crippen molar-refractivity contribution in [2.75, 3.05) is 11.1 Å². The lowest BCUT2D eigenvalue weighted by Gasteiger charge is -2.50. The van der Waals surface area contributed by atoms with E-state index in [9.17, 15) is 17.9 Å². The number of pyridine rings is 2. The zero-order valence-electron chi connectivity index (χ0n) is 17.2. The van der Waals surface area contributed by atoms with Crippen LogP contribution in [0, 0.1) is 17.1 Å². The number of hydrogen-bond donors (Lipinski definition) is 4. The van der Waals surface area contributed by atoms with Gasteiger partial charge in [-0.2, -0.15) is 15.9 Å². The molecule has 8 nitrogen and oxygen atoms in total. The van der Waals surface area contributed by atoms with Crippen molar-refractivity contribution in [1.82, 2.24) is 9.97 Å². The molecule has 0 saturated carbocycles. The number of nitrogens with one attached hydrogen (secondary N) is 1. The molecule has 0 spiro atoms. The number of nitrogens with two attached hydrogens (primary N) is 1. The summed E-state index contributed by atoms with van der Waals surface area (Å²) in [5, 5.41) is 10.2. The molecule has 0 radical (unpaired) electrons. The molecule has 11 heteroatoms. The van der Waals surface area contributed by atoms with E-state index in [1.165, 1.54) is 31.3 Å². The molecule has 1 aliphatic rings. The molecule has 5 N–H and O–H groups in total. The monoisotopic (exact) mass is 458 g/mol. The Bertz CT molecular complexity index is 1310. The molecule has 3 aromatic rings. The van der Waals surface area contributed by atoms with Crippen LogP contribution in [0.2, 0.25) is 0 Å². The van der Waals surface area contributed by atoms with Gasteiger partial charge in [-0.15, -0.1) is 0 Å². The number of alkyl halides is 1. The van der Waals surface area contributed by atoms with Crippen LogP contribution in [-0.2, 0) is 5.54 Å². The number of fused-ring (bicyclic) bond motifs is 1. The van der Waals surface area contributed by atoms with E-state index >= 15 is 0 Å². The number of halogens is 2. The summed E-state index contributed by atoms with van der Waals surface area (Å²) in [6.07, 6.45) is 2.97. The average Bonchev–Trinajstić information content (AvgIpc) is 2.73. The minimum atomic E-state index is -3.85. The molecule has 2 aromatic heterocycles. The van der Waals surface area contributed by atoms with Gasteiger partial charge < -0.3 is 11.1 Å². The Hall–Kier alpha value is -3.33. The zero-order valence-corrected chi connectivity index (χ0v) is 18.0. The maximum Gasteiger partial charge on any atom is 0.250 e. The van der Waals surface area contributed by atoms with Crippen LogP contribution < -0.4 is 11.1 Å². The lowest BCUT2D eigenvalue weighted by atomic mass is 9.93. The fourth-order valence-electron chi connectivity index (χ4n) is 3.60. The fraction of sp³-hybridized carbons (Fsp3) is 0.238. The molecule has 2 atom stereocenters. The number of benzene rings is 1. The topological polar surface area (TPSA) is 140 Å². The molecular weight excluding hydrogens is 438 g/mol. The zero-order chi connectivity index (χ0) is 23.3. The van der Waals surface area contributed by atoms with Gasteiger partial charge in [-0.25, -0.2) is 13.8 Å². The summed E-state index contributed by atoms with van der Waals surface area (Å²) < 4.78 is 50.2. The summed E-state index contributed by atoms with van der Waals surface area (Å²) in [5.74, 6) is -1.41. The number of hydrogen-bond acceptors (Lipinski definition) is 8. The Morgan fingerprint density at radius 2 is 1.97 bits per heavy atom. The highest BCUT2D eigenvalue weighted by atomic mass is 32.3. The summed E-state index contributed by atoms with van der Waals surface area (Å²) >= 11 is 0. The van der Waals surface area contributed by atoms with Crippen molar-refractivity contribution in [3.8, 4) is 6.07 Å². The number of anilines is 2. The van der Waals surface area contributed by atoms with E-state index in [0.29, 0.717) is 28.0 Å². The fourth-order valence-corrected chi connectivity index (χ4v) is 5.25. The van der Waals surface area contributed by atoms with Crippen molar-refractivity contribution in [3.05, 3.63) is 59.7 Å². The standard InChI is InChI=1S/C21H20F2N6O2S/c1-20(11-32(30,31)21(2,23)19(25)29-20)15-8-14(3-4-16(15)22)28-18-17-13(5-6-26-18)7-12(9-24)10-27-17/h3-8,10,30-31H,11H2,1-2H3,(H2,25,29)(H,26,28)/t20-,21+/m0/s1. The Morgan fingerprint density at radius 1 is 1.22 bits per heavy atom. The molecule has 32 heavy (non-hydrogen) atoms. The Morgan fingerprint density at radius 3 is 2.66 bits per heavy atom. The second kappa shape index (κ2) is 7.37. The first-order valence-electron chi connectivity index (χ1n) is 9.49. The molecule has 0 amide bonds. The average molecular weight is 458 g/mol. The third kappa shape index (κ3) is 3.52. The van der Waals surface area contributed by atoms with E-state index in [0.717, 1.165) is 6.92 Å². The quantitative estimate of drug-likeness (QED) is 0.456. The van der Waals surface area contributed by atoms with Crippen molar-refractivity contribution in [2.24, 2.45) is 10.7 Å². The number of nitrogens with zero attached hydrogens (tertiary/aromatic N) is 4. The first-order chi connectivity index (χ1) is 15.0. The lowest BCUT2D eigenvalue weighted by Crippen LogP contribution is -2.51. The molecule has 1 aromatic carbocycles. The molecule has 0 fully saturated rings. The van der Waals surface area contributed by atoms with Crippen LogP contribution in [0.25, 0.3) is 10.9 Å². The Labute approximate surface area is 184 Å². The van der Waals surface area contributed by atoms with E-state index < -0.39 is 38.5 Å². The molecule has 0 unspecified atom stereocenters. The van der Waals surface area contributed by atoms with Crippen molar-refractivity contribution >= 4 is 38.8 Å². The van der Waals surface area contributed by atoms with Crippen LogP contribution in [0.15, 0.2) is 47.7 Å². The first kappa shape index (κ1) is 21.9. The number of aromatic nitrogens is 2. The van der Waals surface area contributed by atoms with Crippen LogP contribution in [0.1, 0.15) is 25.0 Å². The summed E-state index contributed by atoms with van der Waals surface area (Å²) in [5.41, 5.74) is 5.54. The smallest absolute Gasteiger partial charge is 0.250 e. The molecule has 1 aliphatic heterocycles. The SMILES string of the molecule is C[C@]1(F)C(N)=N[C@](C)(c2cc(Nc3nccc4cc(C#N)cnc34)ccc2F)CS1(O)O. The van der Waals surface area contributed by atoms with Gasteiger partial charge in [-0.1, -0.05) is 0 Å². The van der Waals surface area contributed by atoms with Crippen LogP contribution in [0.5, 0.6) is 0 Å². The van der Waals surface area contributed by atoms with Gasteiger partial charge in [0.25, 0.3) is 5.00 Å². The molecule has 0 bridgehead atoms. The van der Waals surface area contributed by atoms with Crippen LogP contribution in [0.4, 0.5) is 20.3 Å². The largest absolute Gasteiger partial charge is 0.383 e. The van der Waals surface area contributed by atoms with Gasteiger partial charge in [0.05, 0.1) is 11.3 Å². The highest BCUT2D eigenvalue weighted by Gasteiger charge is 2.52. The maximum absolute atomic E-state index is 14.8. The molecular formula is C21H20F2N6O2S. The van der Waals surface area contributed by atoms with Gasteiger partial charge in [-0.3, -0.25) is 19.1 Å². The van der Waals surface area contributed by atoms with Crippen molar-refractivity contribution in [2.45, 2.75) is 24.4 Å². The van der Waals surface area contributed by atoms with Crippen molar-refractivity contribution in [1.29, 1.82) is 5.26 Å². The molecule has 0 saturated heterocycles. The number of rotatable bonds is 3. The van der Waals surface area contributed by atoms with Gasteiger partial charge in [-0.05, 0) is 44.2 Å². The number of aliphatic imine (C=N–C) groups is 1. The Balaban J connectivity index is 1.76. The maximum atomic E-state index is 14.8. The van der Waals surface area contributed by atoms with Crippen molar-refractivity contribution < 1.29 is 17.9 Å². The first-order valence-corrected chi connectivity index (χ1v) is 11.2. The molecule has 3 heterocycles. The summed E-state index contributed by atoms with van der Waals surface area (Å²) in [7, 11) is -3.85.